The number of carbonyl (C=O) groups excluding carboxylic acids is 2. The molecule has 0 heterocycles. The van der Waals surface area contributed by atoms with Gasteiger partial charge in [0.2, 0.25) is 11.5 Å². The van der Waals surface area contributed by atoms with Crippen molar-refractivity contribution in [2.75, 3.05) is 21.3 Å². The number of hydrogen-bond donors (Lipinski definition) is 1. The Kier molecular flexibility index (Phi) is 8.03. The Morgan fingerprint density at radius 3 is 1.72 bits per heavy atom. The van der Waals surface area contributed by atoms with Gasteiger partial charge in [0, 0.05) is 12.1 Å². The molecule has 29 heavy (non-hydrogen) atoms. The molecule has 0 unspecified atom stereocenters. The molecule has 0 saturated heterocycles. The minimum Gasteiger partial charge on any atom is -0.501 e. The summed E-state index contributed by atoms with van der Waals surface area (Å²) in [4.78, 5) is 41.8. The van der Waals surface area contributed by atoms with Crippen LogP contribution >= 0.6 is 0 Å². The Bertz CT molecular complexity index is 942. The molecule has 0 spiro atoms. The van der Waals surface area contributed by atoms with Gasteiger partial charge in [0.1, 0.15) is 11.1 Å². The predicted molar refractivity (Wildman–Crippen MR) is 97.1 cm³/mol. The lowest BCUT2D eigenvalue weighted by molar-refractivity contribution is -0.386. The smallest absolute Gasteiger partial charge is 0.341 e. The third-order valence-electron chi connectivity index (χ3n) is 3.42. The van der Waals surface area contributed by atoms with Crippen molar-refractivity contribution >= 4 is 23.3 Å². The van der Waals surface area contributed by atoms with Gasteiger partial charge < -0.3 is 19.3 Å². The molecule has 154 valence electrons. The number of phenolic OH excluding ortho intramolecular Hbond substituents is 1. The molecule has 1 N–H and O–H groups in total. The minimum atomic E-state index is -0.814. The standard InChI is InChI=1S/C9H9NO5.C8H7NO5/c1-14-8-6(9(11)15-2)4-3-5-7(8)10(12)13;1-14-8(11)5-3-2-4-6(7(5)10)9(12)13/h3-5H,1-2H3;2-4,10H,1H3. The van der Waals surface area contributed by atoms with E-state index in [9.17, 15) is 34.9 Å². The lowest BCUT2D eigenvalue weighted by Gasteiger charge is -2.06. The highest BCUT2D eigenvalue weighted by molar-refractivity contribution is 5.94. The first-order valence-corrected chi connectivity index (χ1v) is 7.63. The fourth-order valence-corrected chi connectivity index (χ4v) is 2.11. The summed E-state index contributed by atoms with van der Waals surface area (Å²) < 4.78 is 13.6. The van der Waals surface area contributed by atoms with Gasteiger partial charge in [-0.1, -0.05) is 12.1 Å². The number of para-hydroxylation sites is 2. The van der Waals surface area contributed by atoms with Crippen molar-refractivity contribution in [2.24, 2.45) is 0 Å². The predicted octanol–water partition coefficient (Wildman–Crippen LogP) is 2.48. The number of methoxy groups -OCH3 is 3. The molecule has 0 radical (unpaired) electrons. The van der Waals surface area contributed by atoms with E-state index < -0.39 is 33.2 Å². The Balaban J connectivity index is 0.000000291. The van der Waals surface area contributed by atoms with Crippen molar-refractivity contribution in [3.8, 4) is 11.5 Å². The van der Waals surface area contributed by atoms with Crippen molar-refractivity contribution < 1.29 is 38.8 Å². The number of nitrogens with zero attached hydrogens (tertiary/aromatic N) is 2. The second kappa shape index (κ2) is 10.2. The van der Waals surface area contributed by atoms with Crippen LogP contribution in [0.1, 0.15) is 20.7 Å². The van der Waals surface area contributed by atoms with Gasteiger partial charge in [0.05, 0.1) is 31.2 Å². The zero-order valence-electron chi connectivity index (χ0n) is 15.5. The van der Waals surface area contributed by atoms with Gasteiger partial charge in [-0.2, -0.15) is 0 Å². The van der Waals surface area contributed by atoms with E-state index in [2.05, 4.69) is 9.47 Å². The van der Waals surface area contributed by atoms with Gasteiger partial charge in [-0.3, -0.25) is 20.2 Å². The Labute approximate surface area is 163 Å². The molecular weight excluding hydrogens is 392 g/mol. The summed E-state index contributed by atoms with van der Waals surface area (Å²) in [5.41, 5.74) is -0.968. The number of ether oxygens (including phenoxy) is 3. The quantitative estimate of drug-likeness (QED) is 0.440. The van der Waals surface area contributed by atoms with Crippen LogP contribution in [0.2, 0.25) is 0 Å². The molecule has 0 bridgehead atoms. The number of rotatable bonds is 5. The van der Waals surface area contributed by atoms with Gasteiger partial charge in [-0.05, 0) is 12.1 Å². The largest absolute Gasteiger partial charge is 0.501 e. The van der Waals surface area contributed by atoms with Crippen molar-refractivity contribution in [1.82, 2.24) is 0 Å². The molecule has 0 aliphatic rings. The van der Waals surface area contributed by atoms with E-state index in [0.717, 1.165) is 13.2 Å². The Morgan fingerprint density at radius 2 is 1.28 bits per heavy atom. The number of nitro groups is 2. The van der Waals surface area contributed by atoms with Crippen LogP contribution in [0.4, 0.5) is 11.4 Å². The fourth-order valence-electron chi connectivity index (χ4n) is 2.11. The minimum absolute atomic E-state index is 0.0363. The molecule has 0 saturated carbocycles. The average molecular weight is 408 g/mol. The molecular formula is C17H16N2O10. The maximum atomic E-state index is 11.2. The van der Waals surface area contributed by atoms with Gasteiger partial charge in [-0.15, -0.1) is 0 Å². The molecule has 0 aromatic heterocycles. The number of phenols is 1. The summed E-state index contributed by atoms with van der Waals surface area (Å²) in [6.45, 7) is 0. The molecule has 2 rings (SSSR count). The zero-order chi connectivity index (χ0) is 22.1. The number of hydrogen-bond acceptors (Lipinski definition) is 10. The van der Waals surface area contributed by atoms with E-state index in [1.165, 1.54) is 44.6 Å². The first-order chi connectivity index (χ1) is 13.7. The van der Waals surface area contributed by atoms with Crippen LogP contribution in [0.5, 0.6) is 11.5 Å². The highest BCUT2D eigenvalue weighted by atomic mass is 16.6. The molecule has 0 amide bonds. The number of nitro benzene ring substituents is 2. The molecule has 2 aromatic rings. The lowest BCUT2D eigenvalue weighted by atomic mass is 10.2. The summed E-state index contributed by atoms with van der Waals surface area (Å²) in [5, 5.41) is 30.3. The average Bonchev–Trinajstić information content (AvgIpc) is 2.72. The van der Waals surface area contributed by atoms with Crippen LogP contribution in [0.25, 0.3) is 0 Å². The number of carbonyl (C=O) groups is 2. The van der Waals surface area contributed by atoms with Gasteiger partial charge in [0.25, 0.3) is 0 Å². The van der Waals surface area contributed by atoms with Crippen molar-refractivity contribution in [2.45, 2.75) is 0 Å². The van der Waals surface area contributed by atoms with Crippen LogP contribution in [0, 0.1) is 20.2 Å². The van der Waals surface area contributed by atoms with Crippen LogP contribution in [0.15, 0.2) is 36.4 Å². The van der Waals surface area contributed by atoms with E-state index in [-0.39, 0.29) is 22.6 Å². The Morgan fingerprint density at radius 1 is 0.828 bits per heavy atom. The number of esters is 2. The molecule has 12 heteroatoms. The van der Waals surface area contributed by atoms with E-state index in [1.54, 1.807) is 0 Å². The van der Waals surface area contributed by atoms with E-state index in [1.807, 2.05) is 0 Å². The highest BCUT2D eigenvalue weighted by Crippen LogP contribution is 2.31. The SMILES string of the molecule is COC(=O)c1cccc([N+](=O)[O-])c1O.COC(=O)c1cccc([N+](=O)[O-])c1OC. The van der Waals surface area contributed by atoms with E-state index >= 15 is 0 Å². The topological polar surface area (TPSA) is 168 Å². The normalized spacial score (nSPS) is 9.48. The van der Waals surface area contributed by atoms with Crippen LogP contribution in [-0.2, 0) is 9.47 Å². The first-order valence-electron chi connectivity index (χ1n) is 7.63. The third-order valence-corrected chi connectivity index (χ3v) is 3.42. The van der Waals surface area contributed by atoms with Crippen molar-refractivity contribution in [3.63, 3.8) is 0 Å². The Hall–Kier alpha value is -4.22. The van der Waals surface area contributed by atoms with Gasteiger partial charge in [0.15, 0.2) is 0 Å². The van der Waals surface area contributed by atoms with Crippen LogP contribution in [-0.4, -0.2) is 48.2 Å². The summed E-state index contributed by atoms with van der Waals surface area (Å²) in [6, 6.07) is 7.69. The van der Waals surface area contributed by atoms with E-state index in [4.69, 9.17) is 4.74 Å². The summed E-state index contributed by atoms with van der Waals surface area (Å²) in [6.07, 6.45) is 0. The molecule has 0 fully saturated rings. The van der Waals surface area contributed by atoms with Crippen molar-refractivity contribution in [3.05, 3.63) is 67.8 Å². The zero-order valence-corrected chi connectivity index (χ0v) is 15.5. The molecule has 0 aliphatic carbocycles. The summed E-state index contributed by atoms with van der Waals surface area (Å²) in [7, 11) is 3.58. The van der Waals surface area contributed by atoms with Crippen molar-refractivity contribution in [1.29, 1.82) is 0 Å². The second-order valence-corrected chi connectivity index (χ2v) is 5.03. The first kappa shape index (κ1) is 22.8. The fraction of sp³-hybridized carbons (Fsp3) is 0.176. The maximum absolute atomic E-state index is 11.2. The number of benzene rings is 2. The molecule has 0 atom stereocenters. The van der Waals surface area contributed by atoms with Crippen LogP contribution in [0.3, 0.4) is 0 Å². The molecule has 2 aromatic carbocycles. The summed E-state index contributed by atoms with van der Waals surface area (Å²) >= 11 is 0. The summed E-state index contributed by atoms with van der Waals surface area (Å²) in [5.74, 6) is -2.25. The number of aromatic hydroxyl groups is 1. The van der Waals surface area contributed by atoms with Gasteiger partial charge in [-0.25, -0.2) is 9.59 Å². The third kappa shape index (κ3) is 5.38. The highest BCUT2D eigenvalue weighted by Gasteiger charge is 2.23. The van der Waals surface area contributed by atoms with E-state index in [0.29, 0.717) is 0 Å². The molecule has 0 aliphatic heterocycles. The maximum Gasteiger partial charge on any atom is 0.341 e. The lowest BCUT2D eigenvalue weighted by Crippen LogP contribution is -2.05. The monoisotopic (exact) mass is 408 g/mol. The van der Waals surface area contributed by atoms with Gasteiger partial charge >= 0.3 is 23.3 Å². The second-order valence-electron chi connectivity index (χ2n) is 5.03. The molecule has 12 nitrogen and oxygen atoms in total. The van der Waals surface area contributed by atoms with Crippen LogP contribution < -0.4 is 4.74 Å².